The molecule has 2 atom stereocenters. The molecule has 0 amide bonds. The maximum Gasteiger partial charge on any atom is 0.508 e. The highest BCUT2D eigenvalue weighted by molar-refractivity contribution is 7.46. The quantitative estimate of drug-likeness (QED) is 0.555. The summed E-state index contributed by atoms with van der Waals surface area (Å²) in [7, 11) is -3.26. The molecule has 7 nitrogen and oxygen atoms in total. The van der Waals surface area contributed by atoms with E-state index in [9.17, 15) is 9.36 Å². The second-order valence-electron chi connectivity index (χ2n) is 3.23. The Hall–Kier alpha value is -0.620. The molecule has 1 saturated carbocycles. The Balaban J connectivity index is 2.33. The molecule has 0 aromatic rings. The van der Waals surface area contributed by atoms with E-state index in [1.165, 1.54) is 7.11 Å². The van der Waals surface area contributed by atoms with E-state index < -0.39 is 26.2 Å². The number of phosphoric ester groups is 1. The van der Waals surface area contributed by atoms with Gasteiger partial charge in [0.15, 0.2) is 0 Å². The number of methoxy groups -OCH3 is 1. The third kappa shape index (κ3) is 4.61. The zero-order valence-electron chi connectivity index (χ0n) is 8.16. The third-order valence-electron chi connectivity index (χ3n) is 2.05. The fourth-order valence-corrected chi connectivity index (χ4v) is 2.06. The summed E-state index contributed by atoms with van der Waals surface area (Å²) in [5.74, 6) is 0. The van der Waals surface area contributed by atoms with E-state index in [1.54, 1.807) is 0 Å². The van der Waals surface area contributed by atoms with Crippen molar-refractivity contribution in [2.75, 3.05) is 7.11 Å². The second kappa shape index (κ2) is 4.94. The average molecular weight is 240 g/mol. The van der Waals surface area contributed by atoms with Gasteiger partial charge in [0.1, 0.15) is 6.10 Å². The van der Waals surface area contributed by atoms with Gasteiger partial charge in [-0.3, -0.25) is 4.52 Å². The molecule has 15 heavy (non-hydrogen) atoms. The number of carbonyl (C=O) groups is 1. The monoisotopic (exact) mass is 240 g/mol. The molecule has 0 heterocycles. The molecule has 1 fully saturated rings. The predicted octanol–water partition coefficient (Wildman–Crippen LogP) is 0.800. The summed E-state index contributed by atoms with van der Waals surface area (Å²) in [6.45, 7) is 0. The van der Waals surface area contributed by atoms with Crippen LogP contribution < -0.4 is 0 Å². The van der Waals surface area contributed by atoms with E-state index in [0.29, 0.717) is 12.8 Å². The number of ether oxygens (including phenoxy) is 2. The minimum absolute atomic E-state index is 0.278. The Morgan fingerprint density at radius 1 is 1.33 bits per heavy atom. The fourth-order valence-electron chi connectivity index (χ4n) is 1.48. The summed E-state index contributed by atoms with van der Waals surface area (Å²) in [4.78, 5) is 27.8. The first-order chi connectivity index (χ1) is 6.90. The molecule has 1 rings (SSSR count). The zero-order valence-corrected chi connectivity index (χ0v) is 9.05. The number of hydrogen-bond donors (Lipinski definition) is 2. The average Bonchev–Trinajstić information content (AvgIpc) is 2.49. The summed E-state index contributed by atoms with van der Waals surface area (Å²) in [5.41, 5.74) is 0. The predicted molar refractivity (Wildman–Crippen MR) is 48.0 cm³/mol. The van der Waals surface area contributed by atoms with Crippen molar-refractivity contribution >= 4 is 14.0 Å². The van der Waals surface area contributed by atoms with Crippen LogP contribution in [0.1, 0.15) is 19.3 Å². The topological polar surface area (TPSA) is 102 Å². The molecule has 1 aliphatic carbocycles. The van der Waals surface area contributed by atoms with E-state index in [4.69, 9.17) is 14.5 Å². The van der Waals surface area contributed by atoms with Crippen molar-refractivity contribution in [1.29, 1.82) is 0 Å². The standard InChI is InChI=1S/C7H13O7P/c1-12-7(8)13-5-2-3-6(4-5)14-15(9,10)11/h5-6H,2-4H2,1H3,(H2,9,10,11)/t5-,6+/m0/s1. The zero-order chi connectivity index (χ0) is 11.5. The smallest absolute Gasteiger partial charge is 0.438 e. The highest BCUT2D eigenvalue weighted by Gasteiger charge is 2.32. The minimum atomic E-state index is -4.45. The summed E-state index contributed by atoms with van der Waals surface area (Å²) in [6.07, 6.45) is -0.515. The number of carbonyl (C=O) groups excluding carboxylic acids is 1. The number of phosphoric acid groups is 1. The van der Waals surface area contributed by atoms with Crippen LogP contribution in [-0.4, -0.2) is 35.3 Å². The maximum absolute atomic E-state index is 10.7. The van der Waals surface area contributed by atoms with Crippen molar-refractivity contribution in [2.24, 2.45) is 0 Å². The van der Waals surface area contributed by atoms with Gasteiger partial charge in [-0.1, -0.05) is 0 Å². The molecule has 0 bridgehead atoms. The van der Waals surface area contributed by atoms with E-state index in [-0.39, 0.29) is 6.42 Å². The summed E-state index contributed by atoms with van der Waals surface area (Å²) in [6, 6.07) is 0. The van der Waals surface area contributed by atoms with Gasteiger partial charge in [-0.2, -0.15) is 0 Å². The van der Waals surface area contributed by atoms with Crippen LogP contribution >= 0.6 is 7.82 Å². The highest BCUT2D eigenvalue weighted by atomic mass is 31.2. The van der Waals surface area contributed by atoms with E-state index in [1.807, 2.05) is 0 Å². The van der Waals surface area contributed by atoms with Gasteiger partial charge in [0.2, 0.25) is 0 Å². The number of hydrogen-bond acceptors (Lipinski definition) is 5. The summed E-state index contributed by atoms with van der Waals surface area (Å²) in [5, 5.41) is 0. The minimum Gasteiger partial charge on any atom is -0.438 e. The molecular weight excluding hydrogens is 227 g/mol. The first-order valence-corrected chi connectivity index (χ1v) is 5.92. The van der Waals surface area contributed by atoms with Crippen molar-refractivity contribution in [3.63, 3.8) is 0 Å². The van der Waals surface area contributed by atoms with Gasteiger partial charge in [-0.15, -0.1) is 0 Å². The largest absolute Gasteiger partial charge is 0.508 e. The lowest BCUT2D eigenvalue weighted by molar-refractivity contribution is 0.0343. The summed E-state index contributed by atoms with van der Waals surface area (Å²) >= 11 is 0. The van der Waals surface area contributed by atoms with Gasteiger partial charge < -0.3 is 19.3 Å². The molecule has 0 aromatic heterocycles. The van der Waals surface area contributed by atoms with Crippen molar-refractivity contribution in [1.82, 2.24) is 0 Å². The van der Waals surface area contributed by atoms with Gasteiger partial charge in [0, 0.05) is 6.42 Å². The Morgan fingerprint density at radius 3 is 2.47 bits per heavy atom. The SMILES string of the molecule is COC(=O)O[C@H]1CC[C@@H](OP(=O)(O)O)C1. The first kappa shape index (κ1) is 12.4. The molecule has 8 heteroatoms. The molecule has 0 aliphatic heterocycles. The molecule has 0 spiro atoms. The highest BCUT2D eigenvalue weighted by Crippen LogP contribution is 2.41. The van der Waals surface area contributed by atoms with Gasteiger partial charge >= 0.3 is 14.0 Å². The molecule has 2 N–H and O–H groups in total. The van der Waals surface area contributed by atoms with Crippen LogP contribution in [0.5, 0.6) is 0 Å². The van der Waals surface area contributed by atoms with Crippen LogP contribution in [-0.2, 0) is 18.6 Å². The van der Waals surface area contributed by atoms with E-state index in [0.717, 1.165) is 0 Å². The Labute approximate surface area is 86.6 Å². The Kier molecular flexibility index (Phi) is 4.10. The van der Waals surface area contributed by atoms with Crippen molar-refractivity contribution < 1.29 is 33.1 Å². The Bertz CT molecular complexity index is 273. The second-order valence-corrected chi connectivity index (χ2v) is 4.42. The van der Waals surface area contributed by atoms with Crippen molar-refractivity contribution in [3.05, 3.63) is 0 Å². The lowest BCUT2D eigenvalue weighted by atomic mass is 10.3. The van der Waals surface area contributed by atoms with Crippen LogP contribution in [0, 0.1) is 0 Å². The van der Waals surface area contributed by atoms with Gasteiger partial charge in [-0.25, -0.2) is 9.36 Å². The first-order valence-electron chi connectivity index (χ1n) is 4.39. The maximum atomic E-state index is 10.7. The molecule has 0 unspecified atom stereocenters. The summed E-state index contributed by atoms with van der Waals surface area (Å²) < 4.78 is 24.1. The van der Waals surface area contributed by atoms with Crippen LogP contribution in [0.3, 0.4) is 0 Å². The van der Waals surface area contributed by atoms with E-state index >= 15 is 0 Å². The molecular formula is C7H13O7P. The van der Waals surface area contributed by atoms with E-state index in [2.05, 4.69) is 9.26 Å². The van der Waals surface area contributed by atoms with Crippen LogP contribution in [0.15, 0.2) is 0 Å². The van der Waals surface area contributed by atoms with Crippen LogP contribution in [0.25, 0.3) is 0 Å². The lowest BCUT2D eigenvalue weighted by Crippen LogP contribution is -2.16. The molecule has 88 valence electrons. The molecule has 0 aromatic carbocycles. The normalized spacial score (nSPS) is 26.3. The Morgan fingerprint density at radius 2 is 1.93 bits per heavy atom. The van der Waals surface area contributed by atoms with Gasteiger partial charge in [-0.05, 0) is 12.8 Å². The van der Waals surface area contributed by atoms with Crippen molar-refractivity contribution in [3.8, 4) is 0 Å². The van der Waals surface area contributed by atoms with Crippen LogP contribution in [0.4, 0.5) is 4.79 Å². The number of rotatable bonds is 3. The fraction of sp³-hybridized carbons (Fsp3) is 0.857. The molecule has 1 aliphatic rings. The van der Waals surface area contributed by atoms with Crippen LogP contribution in [0.2, 0.25) is 0 Å². The van der Waals surface area contributed by atoms with Gasteiger partial charge in [0.05, 0.1) is 13.2 Å². The lowest BCUT2D eigenvalue weighted by Gasteiger charge is -2.12. The van der Waals surface area contributed by atoms with Crippen molar-refractivity contribution in [2.45, 2.75) is 31.5 Å². The molecule has 0 saturated heterocycles. The third-order valence-corrected chi connectivity index (χ3v) is 2.63. The van der Waals surface area contributed by atoms with Gasteiger partial charge in [0.25, 0.3) is 0 Å². The molecule has 0 radical (unpaired) electrons.